The Labute approximate surface area is 104 Å². The smallest absolute Gasteiger partial charge is 0.309 e. The lowest BCUT2D eigenvalue weighted by Gasteiger charge is -2.28. The Kier molecular flexibility index (Phi) is 4.36. The predicted octanol–water partition coefficient (Wildman–Crippen LogP) is 3.13. The van der Waals surface area contributed by atoms with E-state index in [-0.39, 0.29) is 0 Å². The van der Waals surface area contributed by atoms with Gasteiger partial charge in [-0.3, -0.25) is 4.79 Å². The molecule has 1 unspecified atom stereocenters. The average molecular weight is 240 g/mol. The van der Waals surface area contributed by atoms with Crippen molar-refractivity contribution in [1.82, 2.24) is 0 Å². The normalized spacial score (nSPS) is 25.5. The van der Waals surface area contributed by atoms with Crippen molar-refractivity contribution in [3.8, 4) is 0 Å². The first-order valence-electron chi connectivity index (χ1n) is 6.37. The molecule has 0 bridgehead atoms. The molecule has 0 aromatic rings. The van der Waals surface area contributed by atoms with Gasteiger partial charge in [0.2, 0.25) is 0 Å². The van der Waals surface area contributed by atoms with Gasteiger partial charge in [0, 0.05) is 0 Å². The first kappa shape index (κ1) is 14.2. The zero-order chi connectivity index (χ0) is 13.1. The van der Waals surface area contributed by atoms with E-state index in [0.29, 0.717) is 6.42 Å². The van der Waals surface area contributed by atoms with Crippen LogP contribution in [-0.2, 0) is 4.79 Å². The Balaban J connectivity index is 2.39. The van der Waals surface area contributed by atoms with Gasteiger partial charge in [-0.1, -0.05) is 11.6 Å². The second-order valence-corrected chi connectivity index (χ2v) is 6.10. The molecule has 0 saturated heterocycles. The Morgan fingerprint density at radius 3 is 2.59 bits per heavy atom. The largest absolute Gasteiger partial charge is 0.481 e. The van der Waals surface area contributed by atoms with Gasteiger partial charge < -0.3 is 10.2 Å². The standard InChI is InChI=1S/C14H24O3/c1-13(2,17)8-4-5-11-6-9-14(3,10-7-11)12(15)16/h6,17H,4-5,7-10H2,1-3H3,(H,15,16). The summed E-state index contributed by atoms with van der Waals surface area (Å²) >= 11 is 0. The summed E-state index contributed by atoms with van der Waals surface area (Å²) in [5.74, 6) is -0.690. The van der Waals surface area contributed by atoms with Crippen molar-refractivity contribution in [2.75, 3.05) is 0 Å². The minimum Gasteiger partial charge on any atom is -0.481 e. The maximum atomic E-state index is 11.1. The summed E-state index contributed by atoms with van der Waals surface area (Å²) in [6, 6.07) is 0. The molecular weight excluding hydrogens is 216 g/mol. The van der Waals surface area contributed by atoms with Crippen molar-refractivity contribution >= 4 is 5.97 Å². The van der Waals surface area contributed by atoms with Gasteiger partial charge in [-0.2, -0.15) is 0 Å². The summed E-state index contributed by atoms with van der Waals surface area (Å²) < 4.78 is 0. The van der Waals surface area contributed by atoms with Gasteiger partial charge in [-0.15, -0.1) is 0 Å². The number of hydrogen-bond acceptors (Lipinski definition) is 2. The number of carboxylic acids is 1. The lowest BCUT2D eigenvalue weighted by atomic mass is 9.76. The van der Waals surface area contributed by atoms with Crippen LogP contribution >= 0.6 is 0 Å². The molecule has 0 aliphatic heterocycles. The number of carbonyl (C=O) groups is 1. The maximum Gasteiger partial charge on any atom is 0.309 e. The molecule has 3 nitrogen and oxygen atoms in total. The van der Waals surface area contributed by atoms with Gasteiger partial charge in [-0.25, -0.2) is 0 Å². The minimum absolute atomic E-state index is 0.570. The van der Waals surface area contributed by atoms with Crippen molar-refractivity contribution in [3.05, 3.63) is 11.6 Å². The average Bonchev–Trinajstić information content (AvgIpc) is 2.19. The molecule has 3 heteroatoms. The zero-order valence-corrected chi connectivity index (χ0v) is 11.1. The molecule has 0 heterocycles. The quantitative estimate of drug-likeness (QED) is 0.726. The SMILES string of the molecule is CC(C)(O)CCCC1=CCC(C)(C(=O)O)CC1. The van der Waals surface area contributed by atoms with Crippen LogP contribution in [0.5, 0.6) is 0 Å². The molecule has 1 atom stereocenters. The highest BCUT2D eigenvalue weighted by atomic mass is 16.4. The maximum absolute atomic E-state index is 11.1. The van der Waals surface area contributed by atoms with Gasteiger partial charge in [0.1, 0.15) is 0 Å². The van der Waals surface area contributed by atoms with Crippen LogP contribution in [0.4, 0.5) is 0 Å². The fourth-order valence-electron chi connectivity index (χ4n) is 2.18. The monoisotopic (exact) mass is 240 g/mol. The molecule has 0 radical (unpaired) electrons. The fourth-order valence-corrected chi connectivity index (χ4v) is 2.18. The van der Waals surface area contributed by atoms with E-state index in [2.05, 4.69) is 6.08 Å². The first-order valence-corrected chi connectivity index (χ1v) is 6.37. The highest BCUT2D eigenvalue weighted by Gasteiger charge is 2.34. The van der Waals surface area contributed by atoms with Crippen molar-refractivity contribution < 1.29 is 15.0 Å². The Morgan fingerprint density at radius 1 is 1.53 bits per heavy atom. The van der Waals surface area contributed by atoms with E-state index >= 15 is 0 Å². The molecule has 0 spiro atoms. The summed E-state index contributed by atoms with van der Waals surface area (Å²) in [7, 11) is 0. The molecule has 2 N–H and O–H groups in total. The third kappa shape index (κ3) is 4.50. The fraction of sp³-hybridized carbons (Fsp3) is 0.786. The minimum atomic E-state index is -0.690. The third-order valence-electron chi connectivity index (χ3n) is 3.64. The molecule has 1 aliphatic carbocycles. The van der Waals surface area contributed by atoms with Crippen LogP contribution in [0.3, 0.4) is 0 Å². The van der Waals surface area contributed by atoms with E-state index in [1.807, 2.05) is 20.8 Å². The van der Waals surface area contributed by atoms with Crippen LogP contribution in [0.25, 0.3) is 0 Å². The number of rotatable bonds is 5. The van der Waals surface area contributed by atoms with Gasteiger partial charge in [0.25, 0.3) is 0 Å². The molecule has 0 fully saturated rings. The van der Waals surface area contributed by atoms with Crippen molar-refractivity contribution in [1.29, 1.82) is 0 Å². The highest BCUT2D eigenvalue weighted by Crippen LogP contribution is 2.36. The van der Waals surface area contributed by atoms with E-state index in [0.717, 1.165) is 32.1 Å². The lowest BCUT2D eigenvalue weighted by Crippen LogP contribution is -2.29. The molecule has 17 heavy (non-hydrogen) atoms. The number of aliphatic hydroxyl groups is 1. The first-order chi connectivity index (χ1) is 7.73. The van der Waals surface area contributed by atoms with Crippen LogP contribution in [0.2, 0.25) is 0 Å². The molecular formula is C14H24O3. The number of aliphatic carboxylic acids is 1. The van der Waals surface area contributed by atoms with E-state index in [9.17, 15) is 9.90 Å². The molecule has 1 aliphatic rings. The number of allylic oxidation sites excluding steroid dienone is 2. The Hall–Kier alpha value is -0.830. The van der Waals surface area contributed by atoms with Crippen molar-refractivity contribution in [2.24, 2.45) is 5.41 Å². The van der Waals surface area contributed by atoms with Crippen LogP contribution < -0.4 is 0 Å². The number of hydrogen-bond donors (Lipinski definition) is 2. The molecule has 98 valence electrons. The highest BCUT2D eigenvalue weighted by molar-refractivity contribution is 5.74. The molecule has 1 rings (SSSR count). The van der Waals surface area contributed by atoms with Crippen LogP contribution in [-0.4, -0.2) is 21.8 Å². The van der Waals surface area contributed by atoms with Crippen LogP contribution in [0.15, 0.2) is 11.6 Å². The summed E-state index contributed by atoms with van der Waals surface area (Å²) in [6.45, 7) is 5.47. The second kappa shape index (κ2) is 5.21. The number of carboxylic acid groups (broad SMARTS) is 1. The van der Waals surface area contributed by atoms with Crippen molar-refractivity contribution in [3.63, 3.8) is 0 Å². The summed E-state index contributed by atoms with van der Waals surface area (Å²) in [5.41, 5.74) is 0.192. The Bertz CT molecular complexity index is 312. The van der Waals surface area contributed by atoms with Gasteiger partial charge in [0.05, 0.1) is 11.0 Å². The van der Waals surface area contributed by atoms with E-state index in [1.165, 1.54) is 5.57 Å². The van der Waals surface area contributed by atoms with E-state index in [4.69, 9.17) is 5.11 Å². The summed E-state index contributed by atoms with van der Waals surface area (Å²) in [5, 5.41) is 18.7. The van der Waals surface area contributed by atoms with Gasteiger partial charge >= 0.3 is 5.97 Å². The zero-order valence-electron chi connectivity index (χ0n) is 11.1. The van der Waals surface area contributed by atoms with Gasteiger partial charge in [0.15, 0.2) is 0 Å². The Morgan fingerprint density at radius 2 is 2.18 bits per heavy atom. The van der Waals surface area contributed by atoms with Crippen molar-refractivity contribution in [2.45, 2.75) is 64.9 Å². The van der Waals surface area contributed by atoms with E-state index in [1.54, 1.807) is 0 Å². The topological polar surface area (TPSA) is 57.5 Å². The molecule has 0 amide bonds. The second-order valence-electron chi connectivity index (χ2n) is 6.10. The lowest BCUT2D eigenvalue weighted by molar-refractivity contribution is -0.148. The van der Waals surface area contributed by atoms with E-state index < -0.39 is 17.0 Å². The molecule has 0 aromatic heterocycles. The van der Waals surface area contributed by atoms with Crippen LogP contribution in [0.1, 0.15) is 59.3 Å². The third-order valence-corrected chi connectivity index (χ3v) is 3.64. The summed E-state index contributed by atoms with van der Waals surface area (Å²) in [4.78, 5) is 11.1. The van der Waals surface area contributed by atoms with Gasteiger partial charge in [-0.05, 0) is 59.3 Å². The molecule has 0 aromatic carbocycles. The van der Waals surface area contributed by atoms with Crippen LogP contribution in [0, 0.1) is 5.41 Å². The molecule has 0 saturated carbocycles. The predicted molar refractivity (Wildman–Crippen MR) is 67.8 cm³/mol. The summed E-state index contributed by atoms with van der Waals surface area (Å²) in [6.07, 6.45) is 7.09.